The van der Waals surface area contributed by atoms with Crippen LogP contribution in [0.2, 0.25) is 0 Å². The molecule has 1 unspecified atom stereocenters. The average molecular weight is 300 g/mol. The van der Waals surface area contributed by atoms with E-state index in [1.807, 2.05) is 0 Å². The van der Waals surface area contributed by atoms with Crippen LogP contribution in [0.5, 0.6) is 0 Å². The molecule has 21 heavy (non-hydrogen) atoms. The van der Waals surface area contributed by atoms with E-state index in [9.17, 15) is 13.2 Å². The lowest BCUT2D eigenvalue weighted by Gasteiger charge is -2.44. The van der Waals surface area contributed by atoms with Gasteiger partial charge in [-0.25, -0.2) is 0 Å². The van der Waals surface area contributed by atoms with Crippen LogP contribution in [0, 0.1) is 11.8 Å². The van der Waals surface area contributed by atoms with Crippen molar-refractivity contribution in [3.63, 3.8) is 0 Å². The van der Waals surface area contributed by atoms with Gasteiger partial charge in [-0.15, -0.1) is 0 Å². The fourth-order valence-electron chi connectivity index (χ4n) is 3.37. The summed E-state index contributed by atoms with van der Waals surface area (Å²) in [7, 11) is 0. The third kappa shape index (κ3) is 3.25. The molecular weight excluding hydrogens is 277 g/mol. The molecule has 0 aromatic heterocycles. The maximum Gasteiger partial charge on any atom is 0.416 e. The predicted octanol–water partition coefficient (Wildman–Crippen LogP) is 5.05. The lowest BCUT2D eigenvalue weighted by Crippen LogP contribution is -2.41. The summed E-state index contributed by atoms with van der Waals surface area (Å²) in [5.41, 5.74) is 0.363. The van der Waals surface area contributed by atoms with E-state index in [0.717, 1.165) is 18.4 Å². The number of rotatable bonds is 3. The van der Waals surface area contributed by atoms with Crippen LogP contribution in [-0.2, 0) is 16.3 Å². The zero-order valence-corrected chi connectivity index (χ0v) is 12.8. The molecule has 1 nitrogen and oxygen atoms in total. The van der Waals surface area contributed by atoms with Crippen LogP contribution in [0.1, 0.15) is 44.7 Å². The first-order valence-electron chi connectivity index (χ1n) is 7.53. The van der Waals surface area contributed by atoms with E-state index in [1.54, 1.807) is 12.1 Å². The lowest BCUT2D eigenvalue weighted by molar-refractivity contribution is -0.137. The van der Waals surface area contributed by atoms with E-state index in [2.05, 4.69) is 20.8 Å². The largest absolute Gasteiger partial charge is 0.416 e. The van der Waals surface area contributed by atoms with E-state index < -0.39 is 11.7 Å². The maximum absolute atomic E-state index is 12.7. The molecule has 118 valence electrons. The van der Waals surface area contributed by atoms with Crippen molar-refractivity contribution < 1.29 is 17.9 Å². The Bertz CT molecular complexity index is 456. The number of ether oxygens (including phenoxy) is 1. The molecule has 0 saturated carbocycles. The van der Waals surface area contributed by atoms with Gasteiger partial charge in [-0.05, 0) is 42.4 Å². The smallest absolute Gasteiger partial charge is 0.381 e. The van der Waals surface area contributed by atoms with Crippen LogP contribution >= 0.6 is 0 Å². The molecule has 1 aromatic rings. The van der Waals surface area contributed by atoms with Gasteiger partial charge in [0, 0.05) is 18.6 Å². The first kappa shape index (κ1) is 16.3. The molecule has 1 aromatic carbocycles. The highest BCUT2D eigenvalue weighted by atomic mass is 19.4. The summed E-state index contributed by atoms with van der Waals surface area (Å²) in [6, 6.07) is 5.74. The quantitative estimate of drug-likeness (QED) is 0.759. The van der Waals surface area contributed by atoms with Gasteiger partial charge in [-0.3, -0.25) is 0 Å². The van der Waals surface area contributed by atoms with Gasteiger partial charge in [0.2, 0.25) is 0 Å². The number of benzene rings is 1. The van der Waals surface area contributed by atoms with Gasteiger partial charge in [-0.1, -0.05) is 32.9 Å². The molecule has 1 aliphatic rings. The zero-order chi connectivity index (χ0) is 15.7. The Hall–Kier alpha value is -1.03. The number of alkyl halides is 3. The van der Waals surface area contributed by atoms with Gasteiger partial charge >= 0.3 is 6.18 Å². The molecule has 2 rings (SSSR count). The average Bonchev–Trinajstić information content (AvgIpc) is 2.46. The Morgan fingerprint density at radius 1 is 1.00 bits per heavy atom. The zero-order valence-electron chi connectivity index (χ0n) is 12.8. The highest BCUT2D eigenvalue weighted by Crippen LogP contribution is 2.45. The Morgan fingerprint density at radius 3 is 1.95 bits per heavy atom. The molecule has 0 spiro atoms. The standard InChI is InChI=1S/C17H23F3O/c1-12(2)13(3)16(8-10-21-11-9-16)14-4-6-15(7-5-14)17(18,19)20/h4-7,12-13H,8-11H2,1-3H3. The van der Waals surface area contributed by atoms with Crippen LogP contribution in [0.25, 0.3) is 0 Å². The van der Waals surface area contributed by atoms with Crippen molar-refractivity contribution >= 4 is 0 Å². The molecule has 0 amide bonds. The van der Waals surface area contributed by atoms with Crippen LogP contribution in [0.15, 0.2) is 24.3 Å². The normalized spacial score (nSPS) is 20.5. The number of hydrogen-bond acceptors (Lipinski definition) is 1. The van der Waals surface area contributed by atoms with Crippen molar-refractivity contribution in [3.8, 4) is 0 Å². The lowest BCUT2D eigenvalue weighted by atomic mass is 9.63. The van der Waals surface area contributed by atoms with Crippen molar-refractivity contribution in [2.24, 2.45) is 11.8 Å². The Morgan fingerprint density at radius 2 is 1.52 bits per heavy atom. The Kier molecular flexibility index (Phi) is 4.66. The Balaban J connectivity index is 2.37. The van der Waals surface area contributed by atoms with Crippen molar-refractivity contribution in [2.75, 3.05) is 13.2 Å². The first-order valence-corrected chi connectivity index (χ1v) is 7.53. The van der Waals surface area contributed by atoms with Crippen LogP contribution in [0.3, 0.4) is 0 Å². The summed E-state index contributed by atoms with van der Waals surface area (Å²) in [6.45, 7) is 7.90. The molecule has 1 saturated heterocycles. The van der Waals surface area contributed by atoms with Gasteiger partial charge < -0.3 is 4.74 Å². The van der Waals surface area contributed by atoms with Gasteiger partial charge in [0.25, 0.3) is 0 Å². The summed E-state index contributed by atoms with van der Waals surface area (Å²) in [5.74, 6) is 0.878. The second-order valence-electron chi connectivity index (χ2n) is 6.38. The van der Waals surface area contributed by atoms with Gasteiger partial charge in [0.1, 0.15) is 0 Å². The molecule has 0 bridgehead atoms. The molecule has 1 fully saturated rings. The number of halogens is 3. The molecular formula is C17H23F3O. The van der Waals surface area contributed by atoms with Gasteiger partial charge in [0.05, 0.1) is 5.56 Å². The highest BCUT2D eigenvalue weighted by molar-refractivity contribution is 5.32. The highest BCUT2D eigenvalue weighted by Gasteiger charge is 2.41. The molecule has 1 aliphatic heterocycles. The van der Waals surface area contributed by atoms with Gasteiger partial charge in [0.15, 0.2) is 0 Å². The Labute approximate surface area is 124 Å². The van der Waals surface area contributed by atoms with Crippen molar-refractivity contribution in [3.05, 3.63) is 35.4 Å². The first-order chi connectivity index (χ1) is 9.77. The summed E-state index contributed by atoms with van der Waals surface area (Å²) in [5, 5.41) is 0. The maximum atomic E-state index is 12.7. The van der Waals surface area contributed by atoms with Crippen LogP contribution in [0.4, 0.5) is 13.2 Å². The van der Waals surface area contributed by atoms with Crippen molar-refractivity contribution in [2.45, 2.75) is 45.2 Å². The molecule has 0 aliphatic carbocycles. The number of hydrogen-bond donors (Lipinski definition) is 0. The van der Waals surface area contributed by atoms with Crippen LogP contribution in [-0.4, -0.2) is 13.2 Å². The summed E-state index contributed by atoms with van der Waals surface area (Å²) in [6.07, 6.45) is -2.53. The second-order valence-corrected chi connectivity index (χ2v) is 6.38. The van der Waals surface area contributed by atoms with Crippen molar-refractivity contribution in [1.82, 2.24) is 0 Å². The van der Waals surface area contributed by atoms with E-state index in [4.69, 9.17) is 4.74 Å². The third-order valence-corrected chi connectivity index (χ3v) is 5.04. The molecule has 4 heteroatoms. The molecule has 1 heterocycles. The third-order valence-electron chi connectivity index (χ3n) is 5.04. The predicted molar refractivity (Wildman–Crippen MR) is 77.2 cm³/mol. The van der Waals surface area contributed by atoms with Gasteiger partial charge in [-0.2, -0.15) is 13.2 Å². The van der Waals surface area contributed by atoms with E-state index in [-0.39, 0.29) is 5.41 Å². The summed E-state index contributed by atoms with van der Waals surface area (Å²) < 4.78 is 43.6. The minimum atomic E-state index is -4.27. The van der Waals surface area contributed by atoms with E-state index in [0.29, 0.717) is 25.0 Å². The molecule has 0 N–H and O–H groups in total. The summed E-state index contributed by atoms with van der Waals surface area (Å²) in [4.78, 5) is 0. The molecule has 1 atom stereocenters. The SMILES string of the molecule is CC(C)C(C)C1(c2ccc(C(F)(F)F)cc2)CCOCC1. The monoisotopic (exact) mass is 300 g/mol. The second kappa shape index (κ2) is 5.99. The fraction of sp³-hybridized carbons (Fsp3) is 0.647. The minimum Gasteiger partial charge on any atom is -0.381 e. The van der Waals surface area contributed by atoms with Crippen LogP contribution < -0.4 is 0 Å². The summed E-state index contributed by atoms with van der Waals surface area (Å²) >= 11 is 0. The minimum absolute atomic E-state index is 0.0729. The fourth-order valence-corrected chi connectivity index (χ4v) is 3.37. The van der Waals surface area contributed by atoms with E-state index in [1.165, 1.54) is 12.1 Å². The topological polar surface area (TPSA) is 9.23 Å². The van der Waals surface area contributed by atoms with E-state index >= 15 is 0 Å². The van der Waals surface area contributed by atoms with Crippen molar-refractivity contribution in [1.29, 1.82) is 0 Å². The molecule has 0 radical (unpaired) electrons.